The van der Waals surface area contributed by atoms with Crippen molar-refractivity contribution in [2.75, 3.05) is 0 Å². The lowest BCUT2D eigenvalue weighted by Crippen LogP contribution is -2.31. The highest BCUT2D eigenvalue weighted by Crippen LogP contribution is 2.44. The van der Waals surface area contributed by atoms with Crippen LogP contribution in [0.25, 0.3) is 177 Å². The third kappa shape index (κ3) is 12.4. The molecule has 0 aliphatic rings. The minimum absolute atomic E-state index is 0.184. The summed E-state index contributed by atoms with van der Waals surface area (Å²) in [6.07, 6.45) is 6.71. The molecule has 0 fully saturated rings. The van der Waals surface area contributed by atoms with Gasteiger partial charge in [0.2, 0.25) is 22.8 Å². The summed E-state index contributed by atoms with van der Waals surface area (Å²) in [7, 11) is 7.41. The molecule has 0 spiro atoms. The van der Waals surface area contributed by atoms with Gasteiger partial charge in [0.25, 0.3) is 0 Å². The Morgan fingerprint density at radius 2 is 0.643 bits per heavy atom. The molecule has 8 aromatic carbocycles. The van der Waals surface area contributed by atoms with Crippen LogP contribution in [-0.4, -0.2) is 19.9 Å². The van der Waals surface area contributed by atoms with E-state index in [0.29, 0.717) is 49.9 Å². The fraction of sp³-hybridized carbons (Fsp3) is 0.200. The fourth-order valence-corrected chi connectivity index (χ4v) is 15.8. The molecule has 552 valence electrons. The van der Waals surface area contributed by atoms with Crippen molar-refractivity contribution in [2.24, 2.45) is 28.2 Å². The van der Waals surface area contributed by atoms with E-state index >= 15 is 0 Å². The van der Waals surface area contributed by atoms with Crippen molar-refractivity contribution in [3.05, 3.63) is 284 Å². The summed E-state index contributed by atoms with van der Waals surface area (Å²) in [5.41, 5.74) is 30.9. The lowest BCUT2D eigenvalue weighted by molar-refractivity contribution is -0.660. The number of nitrogens with zero attached hydrogens (tertiary/aromatic N) is 8. The maximum Gasteiger partial charge on any atom is 0.216 e. The van der Waals surface area contributed by atoms with Crippen LogP contribution in [0.3, 0.4) is 0 Å². The van der Waals surface area contributed by atoms with Crippen LogP contribution < -0.4 is 18.3 Å². The van der Waals surface area contributed by atoms with Gasteiger partial charge < -0.3 is 17.7 Å². The Labute approximate surface area is 672 Å². The second-order valence-electron chi connectivity index (χ2n) is 30.2. The van der Waals surface area contributed by atoms with Crippen molar-refractivity contribution < 1.29 is 56.5 Å². The van der Waals surface area contributed by atoms with Gasteiger partial charge in [0.15, 0.2) is 69.5 Å². The summed E-state index contributed by atoms with van der Waals surface area (Å²) in [6, 6.07) is 55.9. The largest absolute Gasteiger partial charge is 0.453 e. The van der Waals surface area contributed by atoms with Gasteiger partial charge in [0.05, 0.1) is 49.7 Å². The second-order valence-corrected chi connectivity index (χ2v) is 30.2. The van der Waals surface area contributed by atoms with Crippen LogP contribution in [0, 0.1) is 110 Å². The molecule has 0 saturated heterocycles. The van der Waals surface area contributed by atoms with Gasteiger partial charge in [-0.2, -0.15) is 0 Å². The maximum absolute atomic E-state index is 8.17. The van der Waals surface area contributed by atoms with E-state index in [0.717, 1.165) is 194 Å². The van der Waals surface area contributed by atoms with E-state index in [9.17, 15) is 0 Å². The number of aryl methyl sites for hydroxylation is 20. The molecular formula is C100H92N8O4+4. The van der Waals surface area contributed by atoms with Crippen molar-refractivity contribution in [1.29, 1.82) is 0 Å². The minimum atomic E-state index is -2.37. The van der Waals surface area contributed by atoms with Crippen LogP contribution >= 0.6 is 0 Å². The van der Waals surface area contributed by atoms with Gasteiger partial charge in [-0.15, -0.1) is 0 Å². The van der Waals surface area contributed by atoms with E-state index in [1.54, 1.807) is 49.4 Å². The van der Waals surface area contributed by atoms with Gasteiger partial charge in [-0.1, -0.05) is 78.4 Å². The summed E-state index contributed by atoms with van der Waals surface area (Å²) in [5, 5.41) is 7.39. The molecule has 12 aromatic heterocycles. The third-order valence-corrected chi connectivity index (χ3v) is 22.0. The van der Waals surface area contributed by atoms with E-state index in [1.165, 1.54) is 11.1 Å². The lowest BCUT2D eigenvalue weighted by Gasteiger charge is -2.09. The molecule has 12 heterocycles. The molecule has 0 amide bonds. The van der Waals surface area contributed by atoms with Gasteiger partial charge in [-0.3, -0.25) is 0 Å². The monoisotopic (exact) mass is 1480 g/mol. The number of rotatable bonds is 4. The van der Waals surface area contributed by atoms with Gasteiger partial charge in [-0.05, 0) is 244 Å². The number of fused-ring (bicyclic) bond motifs is 16. The Hall–Kier alpha value is -12.8. The number of aromatic nitrogens is 8. The Balaban J connectivity index is 0.000000119. The zero-order valence-electron chi connectivity index (χ0n) is 80.2. The molecular weight excluding hydrogens is 1380 g/mol. The quantitative estimate of drug-likeness (QED) is 0.160. The highest BCUT2D eigenvalue weighted by Gasteiger charge is 2.29. The van der Waals surface area contributed by atoms with Crippen LogP contribution in [0.15, 0.2) is 212 Å². The first-order valence-corrected chi connectivity index (χ1v) is 37.3. The summed E-state index contributed by atoms with van der Waals surface area (Å²) >= 11 is 0. The van der Waals surface area contributed by atoms with Crippen LogP contribution in [-0.2, 0) is 28.2 Å². The SMILES string of the molecule is [2H]C([2H])([2H])c1c[n+](C)c(-c2c(C)cc(C([2H])([2H])[2H])c3c2oc2cc4ccccc4nc23)cc1C.[2H]C([2H])([2H])c1c[n+](C)c(-c2c(C)ccc3c2oc2cc4c(C)cccc4nc23)cc1C.[2H]C([2H])([2H])c1c[n+](C)c(-c2c(C)ccc3c2oc2cc4cc(C)ccc4nc23)cc1C.[2H]C([2H])([2H])c1c[n+](C)c(-c2c(C)ccc3c2oc2cc4ccc(C)cc4nc23)cc1C. The topological polar surface area (TPSA) is 120 Å². The van der Waals surface area contributed by atoms with Crippen LogP contribution in [0.1, 0.15) is 110 Å². The molecule has 0 radical (unpaired) electrons. The summed E-state index contributed by atoms with van der Waals surface area (Å²) < 4.78 is 151. The molecule has 0 atom stereocenters. The zero-order chi connectivity index (χ0) is 90.8. The Bertz CT molecular complexity index is 7920. The summed E-state index contributed by atoms with van der Waals surface area (Å²) in [6.45, 7) is 10.4. The maximum atomic E-state index is 8.17. The smallest absolute Gasteiger partial charge is 0.216 e. The zero-order valence-corrected chi connectivity index (χ0v) is 65.2. The first-order chi connectivity index (χ1) is 59.8. The van der Waals surface area contributed by atoms with Crippen LogP contribution in [0.5, 0.6) is 0 Å². The molecule has 12 heteroatoms. The minimum Gasteiger partial charge on any atom is -0.453 e. The first-order valence-electron chi connectivity index (χ1n) is 44.8. The molecule has 12 nitrogen and oxygen atoms in total. The van der Waals surface area contributed by atoms with Crippen LogP contribution in [0.2, 0.25) is 0 Å². The van der Waals surface area contributed by atoms with Crippen LogP contribution in [0.4, 0.5) is 0 Å². The number of benzene rings is 8. The molecule has 20 aromatic rings. The molecule has 0 N–H and O–H groups in total. The van der Waals surface area contributed by atoms with Crippen molar-refractivity contribution >= 4 is 132 Å². The Morgan fingerprint density at radius 1 is 0.259 bits per heavy atom. The number of para-hydroxylation sites is 1. The molecule has 112 heavy (non-hydrogen) atoms. The van der Waals surface area contributed by atoms with Gasteiger partial charge in [-0.25, -0.2) is 38.2 Å². The van der Waals surface area contributed by atoms with Crippen molar-refractivity contribution in [2.45, 2.75) is 110 Å². The van der Waals surface area contributed by atoms with Crippen molar-refractivity contribution in [3.8, 4) is 45.0 Å². The van der Waals surface area contributed by atoms with E-state index in [2.05, 4.69) is 99.6 Å². The predicted octanol–water partition coefficient (Wildman–Crippen LogP) is 23.4. The molecule has 20 rings (SSSR count). The molecule has 0 aliphatic heterocycles. The number of hydrogen-bond acceptors (Lipinski definition) is 8. The number of furan rings is 4. The predicted molar refractivity (Wildman–Crippen MR) is 458 cm³/mol. The normalized spacial score (nSPS) is 14.3. The average Bonchev–Trinajstić information content (AvgIpc) is 1.57. The summed E-state index contributed by atoms with van der Waals surface area (Å²) in [4.78, 5) is 19.5. The Kier molecular flexibility index (Phi) is 13.9. The van der Waals surface area contributed by atoms with E-state index in [-0.39, 0.29) is 11.1 Å². The van der Waals surface area contributed by atoms with E-state index < -0.39 is 34.3 Å². The second kappa shape index (κ2) is 27.6. The van der Waals surface area contributed by atoms with Crippen molar-refractivity contribution in [1.82, 2.24) is 19.9 Å². The van der Waals surface area contributed by atoms with Gasteiger partial charge in [0.1, 0.15) is 50.3 Å². The molecule has 0 bridgehead atoms. The Morgan fingerprint density at radius 3 is 1.14 bits per heavy atom. The van der Waals surface area contributed by atoms with E-state index in [4.69, 9.17) is 58.2 Å². The third-order valence-electron chi connectivity index (χ3n) is 22.0. The lowest BCUT2D eigenvalue weighted by atomic mass is 9.96. The van der Waals surface area contributed by atoms with Gasteiger partial charge in [0, 0.05) is 105 Å². The fourth-order valence-electron chi connectivity index (χ4n) is 15.8. The highest BCUT2D eigenvalue weighted by atomic mass is 16.3. The van der Waals surface area contributed by atoms with Gasteiger partial charge >= 0.3 is 0 Å². The highest BCUT2D eigenvalue weighted by molar-refractivity contribution is 6.15. The van der Waals surface area contributed by atoms with E-state index in [1.807, 2.05) is 168 Å². The standard InChI is InChI=1S/4C25H23N2O/c1-14-6-9-20-18(10-14)12-22-24(26-20)19-8-7-15(2)23(25(19)28-22)21-11-16(3)17(4)13-27(21)5;1-14-6-8-18-12-22-24(26-20(18)10-14)19-9-7-15(2)23(25(19)28-22)21-11-16(3)17(4)13-27(21)5;1-14-7-6-8-20-19(14)12-22-24(26-20)18-10-9-15(2)23(25(18)28-22)21-11-16(3)17(4)13-27(21)5;1-14-11-20(27(5)13-17(14)4)22-15(2)10-16(3)23-24-21(28-25(22)23)12-18-8-6-7-9-19(18)26-24/h4*6-13H,1-5H3/q4*+1/i3*4D3;3D3,4D3. The number of pyridine rings is 8. The number of hydrogen-bond donors (Lipinski definition) is 0. The molecule has 0 saturated carbocycles. The van der Waals surface area contributed by atoms with Crippen molar-refractivity contribution in [3.63, 3.8) is 0 Å². The molecule has 0 unspecified atom stereocenters. The first kappa shape index (κ1) is 56.4. The molecule has 0 aliphatic carbocycles. The summed E-state index contributed by atoms with van der Waals surface area (Å²) in [5.74, 6) is 0. The average molecular weight is 1480 g/mol.